The Labute approximate surface area is 123 Å². The molecule has 0 amide bonds. The lowest BCUT2D eigenvalue weighted by Gasteiger charge is -2.32. The lowest BCUT2D eigenvalue weighted by atomic mass is 10.2. The van der Waals surface area contributed by atoms with Crippen LogP contribution in [0.5, 0.6) is 0 Å². The molecule has 2 rings (SSSR count). The van der Waals surface area contributed by atoms with E-state index in [4.69, 9.17) is 4.98 Å². The minimum atomic E-state index is 0.851. The van der Waals surface area contributed by atoms with E-state index in [1.54, 1.807) is 0 Å². The molecule has 1 aromatic rings. The molecule has 1 saturated heterocycles. The zero-order valence-corrected chi connectivity index (χ0v) is 13.5. The fraction of sp³-hybridized carbons (Fsp3) is 0.692. The van der Waals surface area contributed by atoms with E-state index < -0.39 is 0 Å². The fourth-order valence-electron chi connectivity index (χ4n) is 2.20. The molecule has 6 heteroatoms. The topological polar surface area (TPSA) is 44.3 Å². The van der Waals surface area contributed by atoms with Crippen LogP contribution in [0.2, 0.25) is 0 Å². The largest absolute Gasteiger partial charge is 0.372 e. The van der Waals surface area contributed by atoms with E-state index in [0.29, 0.717) is 0 Å². The Kier molecular flexibility index (Phi) is 4.99. The summed E-state index contributed by atoms with van der Waals surface area (Å²) in [5.41, 5.74) is 1.09. The van der Waals surface area contributed by atoms with Gasteiger partial charge in [-0.1, -0.05) is 13.3 Å². The monoisotopic (exact) mass is 327 g/mol. The maximum atomic E-state index is 4.73. The van der Waals surface area contributed by atoms with Crippen molar-refractivity contribution >= 4 is 27.7 Å². The maximum absolute atomic E-state index is 4.73. The molecule has 19 heavy (non-hydrogen) atoms. The van der Waals surface area contributed by atoms with Gasteiger partial charge in [-0.2, -0.15) is 4.98 Å². The lowest BCUT2D eigenvalue weighted by molar-refractivity contribution is 0.311. The first-order chi connectivity index (χ1) is 9.15. The molecule has 106 valence electrons. The SMILES string of the molecule is CCCc1nc(N2CCN(C)CC2)nc(NC)c1Br. The average molecular weight is 328 g/mol. The Bertz CT molecular complexity index is 429. The fourth-order valence-corrected chi connectivity index (χ4v) is 2.77. The Morgan fingerprint density at radius 1 is 1.21 bits per heavy atom. The van der Waals surface area contributed by atoms with Gasteiger partial charge in [-0.15, -0.1) is 0 Å². The van der Waals surface area contributed by atoms with Crippen LogP contribution in [-0.4, -0.2) is 55.1 Å². The predicted octanol–water partition coefficient (Wildman–Crippen LogP) is 1.99. The third-order valence-corrected chi connectivity index (χ3v) is 4.25. The van der Waals surface area contributed by atoms with E-state index in [1.807, 2.05) is 7.05 Å². The second kappa shape index (κ2) is 6.52. The molecule has 1 N–H and O–H groups in total. The van der Waals surface area contributed by atoms with Crippen LogP contribution in [0.15, 0.2) is 4.47 Å². The summed E-state index contributed by atoms with van der Waals surface area (Å²) >= 11 is 3.60. The number of halogens is 1. The van der Waals surface area contributed by atoms with Crippen molar-refractivity contribution in [1.29, 1.82) is 0 Å². The standard InChI is InChI=1S/C13H22BrN5/c1-4-5-10-11(14)12(15-2)17-13(16-10)19-8-6-18(3)7-9-19/h4-9H2,1-3H3,(H,15,16,17). The summed E-state index contributed by atoms with van der Waals surface area (Å²) in [4.78, 5) is 14.0. The van der Waals surface area contributed by atoms with Crippen molar-refractivity contribution in [3.8, 4) is 0 Å². The van der Waals surface area contributed by atoms with Gasteiger partial charge in [0.15, 0.2) is 0 Å². The number of rotatable bonds is 4. The molecule has 0 aromatic carbocycles. The van der Waals surface area contributed by atoms with Gasteiger partial charge in [0.2, 0.25) is 5.95 Å². The van der Waals surface area contributed by atoms with E-state index in [1.165, 1.54) is 0 Å². The first-order valence-corrected chi connectivity index (χ1v) is 7.62. The molecular formula is C13H22BrN5. The molecule has 2 heterocycles. The molecule has 0 bridgehead atoms. The summed E-state index contributed by atoms with van der Waals surface area (Å²) in [6, 6.07) is 0. The number of aryl methyl sites for hydroxylation is 1. The molecule has 0 unspecified atom stereocenters. The zero-order valence-electron chi connectivity index (χ0n) is 11.9. The summed E-state index contributed by atoms with van der Waals surface area (Å²) in [5, 5.41) is 3.15. The maximum Gasteiger partial charge on any atom is 0.227 e. The highest BCUT2D eigenvalue weighted by atomic mass is 79.9. The Hall–Kier alpha value is -0.880. The third kappa shape index (κ3) is 3.36. The number of anilines is 2. The Morgan fingerprint density at radius 3 is 2.47 bits per heavy atom. The molecule has 0 aliphatic carbocycles. The van der Waals surface area contributed by atoms with Crippen molar-refractivity contribution in [2.24, 2.45) is 0 Å². The van der Waals surface area contributed by atoms with Gasteiger partial charge in [0, 0.05) is 33.2 Å². The molecule has 0 radical (unpaired) electrons. The number of piperazine rings is 1. The average Bonchev–Trinajstić information content (AvgIpc) is 2.42. The smallest absolute Gasteiger partial charge is 0.227 e. The predicted molar refractivity (Wildman–Crippen MR) is 83.0 cm³/mol. The minimum Gasteiger partial charge on any atom is -0.372 e. The second-order valence-electron chi connectivity index (χ2n) is 4.92. The van der Waals surface area contributed by atoms with Gasteiger partial charge in [-0.05, 0) is 29.4 Å². The normalized spacial score (nSPS) is 16.7. The molecule has 5 nitrogen and oxygen atoms in total. The summed E-state index contributed by atoms with van der Waals surface area (Å²) in [6.07, 6.45) is 2.06. The molecule has 1 fully saturated rings. The molecule has 0 atom stereocenters. The first-order valence-electron chi connectivity index (χ1n) is 6.83. The highest BCUT2D eigenvalue weighted by Gasteiger charge is 2.19. The van der Waals surface area contributed by atoms with Crippen molar-refractivity contribution in [2.75, 3.05) is 50.5 Å². The van der Waals surface area contributed by atoms with Gasteiger partial charge in [0.1, 0.15) is 5.82 Å². The highest BCUT2D eigenvalue weighted by Crippen LogP contribution is 2.27. The Balaban J connectivity index is 2.27. The lowest BCUT2D eigenvalue weighted by Crippen LogP contribution is -2.45. The van der Waals surface area contributed by atoms with Crippen LogP contribution < -0.4 is 10.2 Å². The molecule has 1 aliphatic rings. The minimum absolute atomic E-state index is 0.851. The van der Waals surface area contributed by atoms with Gasteiger partial charge in [-0.3, -0.25) is 0 Å². The number of hydrogen-bond donors (Lipinski definition) is 1. The molecule has 1 aliphatic heterocycles. The van der Waals surface area contributed by atoms with E-state index in [9.17, 15) is 0 Å². The van der Waals surface area contributed by atoms with E-state index in [2.05, 4.69) is 50.0 Å². The van der Waals surface area contributed by atoms with Crippen molar-refractivity contribution in [2.45, 2.75) is 19.8 Å². The van der Waals surface area contributed by atoms with Crippen LogP contribution in [-0.2, 0) is 6.42 Å². The summed E-state index contributed by atoms with van der Waals surface area (Å²) in [7, 11) is 4.05. The number of aromatic nitrogens is 2. The summed E-state index contributed by atoms with van der Waals surface area (Å²) in [5.74, 6) is 1.73. The van der Waals surface area contributed by atoms with Crippen LogP contribution in [0.3, 0.4) is 0 Å². The van der Waals surface area contributed by atoms with Gasteiger partial charge in [0.05, 0.1) is 10.2 Å². The summed E-state index contributed by atoms with van der Waals surface area (Å²) in [6.45, 7) is 6.29. The van der Waals surface area contributed by atoms with Crippen LogP contribution in [0, 0.1) is 0 Å². The van der Waals surface area contributed by atoms with E-state index in [0.717, 1.165) is 61.0 Å². The molecule has 0 spiro atoms. The van der Waals surface area contributed by atoms with E-state index in [-0.39, 0.29) is 0 Å². The van der Waals surface area contributed by atoms with Gasteiger partial charge in [0.25, 0.3) is 0 Å². The van der Waals surface area contributed by atoms with Crippen LogP contribution in [0.1, 0.15) is 19.0 Å². The summed E-state index contributed by atoms with van der Waals surface area (Å²) < 4.78 is 0.995. The first kappa shape index (κ1) is 14.5. The van der Waals surface area contributed by atoms with E-state index >= 15 is 0 Å². The highest BCUT2D eigenvalue weighted by molar-refractivity contribution is 9.10. The Morgan fingerprint density at radius 2 is 1.89 bits per heavy atom. The van der Waals surface area contributed by atoms with Crippen LogP contribution >= 0.6 is 15.9 Å². The number of nitrogens with one attached hydrogen (secondary N) is 1. The van der Waals surface area contributed by atoms with Crippen molar-refractivity contribution < 1.29 is 0 Å². The molecule has 1 aromatic heterocycles. The second-order valence-corrected chi connectivity index (χ2v) is 5.72. The zero-order chi connectivity index (χ0) is 13.8. The van der Waals surface area contributed by atoms with Crippen LogP contribution in [0.4, 0.5) is 11.8 Å². The number of likely N-dealkylation sites (N-methyl/N-ethyl adjacent to an activating group) is 1. The van der Waals surface area contributed by atoms with Crippen LogP contribution in [0.25, 0.3) is 0 Å². The van der Waals surface area contributed by atoms with Gasteiger partial charge < -0.3 is 15.1 Å². The molecular weight excluding hydrogens is 306 g/mol. The number of hydrogen-bond acceptors (Lipinski definition) is 5. The third-order valence-electron chi connectivity index (χ3n) is 3.42. The van der Waals surface area contributed by atoms with Gasteiger partial charge >= 0.3 is 0 Å². The quantitative estimate of drug-likeness (QED) is 0.916. The van der Waals surface area contributed by atoms with Crippen molar-refractivity contribution in [3.05, 3.63) is 10.2 Å². The van der Waals surface area contributed by atoms with Crippen molar-refractivity contribution in [3.63, 3.8) is 0 Å². The van der Waals surface area contributed by atoms with Crippen molar-refractivity contribution in [1.82, 2.24) is 14.9 Å². The van der Waals surface area contributed by atoms with Gasteiger partial charge in [-0.25, -0.2) is 4.98 Å². The molecule has 0 saturated carbocycles. The number of nitrogens with zero attached hydrogens (tertiary/aromatic N) is 4.